The summed E-state index contributed by atoms with van der Waals surface area (Å²) in [6, 6.07) is 10.4. The quantitative estimate of drug-likeness (QED) is 0.659. The Balaban J connectivity index is 2.16. The Morgan fingerprint density at radius 2 is 1.52 bits per heavy atom. The van der Waals surface area contributed by atoms with E-state index in [0.717, 1.165) is 24.8 Å². The average molecular weight is 290 g/mol. The van der Waals surface area contributed by atoms with Crippen molar-refractivity contribution in [1.82, 2.24) is 0 Å². The van der Waals surface area contributed by atoms with Gasteiger partial charge in [-0.05, 0) is 54.3 Å². The van der Waals surface area contributed by atoms with E-state index < -0.39 is 0 Å². The van der Waals surface area contributed by atoms with E-state index in [4.69, 9.17) is 4.74 Å². The van der Waals surface area contributed by atoms with Gasteiger partial charge in [0.1, 0.15) is 23.1 Å². The van der Waals surface area contributed by atoms with Gasteiger partial charge in [0.15, 0.2) is 0 Å². The molecule has 0 atom stereocenters. The van der Waals surface area contributed by atoms with E-state index in [2.05, 4.69) is 13.8 Å². The lowest BCUT2D eigenvalue weighted by Crippen LogP contribution is -2.02. The zero-order chi connectivity index (χ0) is 15.2. The molecular weight excluding hydrogens is 270 g/mol. The molecule has 2 aromatic rings. The number of ether oxygens (including phenoxy) is 1. The number of hydrogen-bond donors (Lipinski definition) is 0. The van der Waals surface area contributed by atoms with Crippen molar-refractivity contribution in [2.24, 2.45) is 5.92 Å². The lowest BCUT2D eigenvalue weighted by atomic mass is 9.94. The molecule has 0 amide bonds. The first-order chi connectivity index (χ1) is 10.1. The monoisotopic (exact) mass is 290 g/mol. The van der Waals surface area contributed by atoms with Crippen LogP contribution in [0.3, 0.4) is 0 Å². The minimum atomic E-state index is -0.323. The second kappa shape index (κ2) is 7.21. The third kappa shape index (κ3) is 4.55. The molecule has 0 saturated heterocycles. The molecule has 0 fully saturated rings. The van der Waals surface area contributed by atoms with Gasteiger partial charge >= 0.3 is 0 Å². The van der Waals surface area contributed by atoms with E-state index in [1.165, 1.54) is 30.3 Å². The van der Waals surface area contributed by atoms with Gasteiger partial charge < -0.3 is 4.74 Å². The van der Waals surface area contributed by atoms with E-state index in [-0.39, 0.29) is 11.6 Å². The molecule has 0 bridgehead atoms. The maximum Gasteiger partial charge on any atom is 0.130 e. The van der Waals surface area contributed by atoms with Gasteiger partial charge in [0, 0.05) is 6.07 Å². The molecule has 0 aliphatic heterocycles. The van der Waals surface area contributed by atoms with Gasteiger partial charge in [-0.1, -0.05) is 26.7 Å². The van der Waals surface area contributed by atoms with Crippen LogP contribution in [0, 0.1) is 17.6 Å². The third-order valence-electron chi connectivity index (χ3n) is 3.66. The lowest BCUT2D eigenvalue weighted by Gasteiger charge is -2.13. The molecule has 3 heteroatoms. The number of hydrogen-bond acceptors (Lipinski definition) is 1. The van der Waals surface area contributed by atoms with Crippen LogP contribution in [-0.2, 0) is 6.42 Å². The second-order valence-electron chi connectivity index (χ2n) is 5.24. The summed E-state index contributed by atoms with van der Waals surface area (Å²) in [6.45, 7) is 4.28. The minimum Gasteiger partial charge on any atom is -0.457 e. The van der Waals surface area contributed by atoms with Crippen molar-refractivity contribution in [1.29, 1.82) is 0 Å². The van der Waals surface area contributed by atoms with Crippen LogP contribution in [-0.4, -0.2) is 0 Å². The summed E-state index contributed by atoms with van der Waals surface area (Å²) in [5, 5.41) is 0. The highest BCUT2D eigenvalue weighted by Crippen LogP contribution is 2.26. The largest absolute Gasteiger partial charge is 0.457 e. The maximum atomic E-state index is 13.7. The molecule has 21 heavy (non-hydrogen) atoms. The van der Waals surface area contributed by atoms with Crippen molar-refractivity contribution < 1.29 is 13.5 Å². The summed E-state index contributed by atoms with van der Waals surface area (Å²) >= 11 is 0. The topological polar surface area (TPSA) is 9.23 Å². The molecule has 2 rings (SSSR count). The number of rotatable bonds is 6. The molecule has 0 saturated carbocycles. The SMILES string of the molecule is CCC(CC)Cc1cc(F)cc(Oc2ccc(F)cc2)c1. The van der Waals surface area contributed by atoms with Gasteiger partial charge in [-0.15, -0.1) is 0 Å². The van der Waals surface area contributed by atoms with Crippen molar-refractivity contribution in [2.75, 3.05) is 0 Å². The highest BCUT2D eigenvalue weighted by atomic mass is 19.1. The molecule has 0 heterocycles. The predicted molar refractivity (Wildman–Crippen MR) is 80.7 cm³/mol. The van der Waals surface area contributed by atoms with E-state index >= 15 is 0 Å². The minimum absolute atomic E-state index is 0.310. The van der Waals surface area contributed by atoms with Crippen molar-refractivity contribution in [2.45, 2.75) is 33.1 Å². The summed E-state index contributed by atoms with van der Waals surface area (Å²) in [6.07, 6.45) is 2.98. The van der Waals surface area contributed by atoms with Crippen LogP contribution in [0.1, 0.15) is 32.3 Å². The summed E-state index contributed by atoms with van der Waals surface area (Å²) < 4.78 is 32.2. The highest BCUT2D eigenvalue weighted by molar-refractivity contribution is 5.34. The number of halogens is 2. The summed E-state index contributed by atoms with van der Waals surface area (Å²) in [5.74, 6) is 0.857. The predicted octanol–water partition coefficient (Wildman–Crippen LogP) is 5.74. The molecule has 112 valence electrons. The van der Waals surface area contributed by atoms with Gasteiger partial charge in [0.05, 0.1) is 0 Å². The summed E-state index contributed by atoms with van der Waals surface area (Å²) in [7, 11) is 0. The molecule has 0 radical (unpaired) electrons. The van der Waals surface area contributed by atoms with Gasteiger partial charge in [0.25, 0.3) is 0 Å². The van der Waals surface area contributed by atoms with Gasteiger partial charge in [-0.25, -0.2) is 8.78 Å². The van der Waals surface area contributed by atoms with Gasteiger partial charge in [-0.2, -0.15) is 0 Å². The van der Waals surface area contributed by atoms with E-state index in [1.807, 2.05) is 6.07 Å². The van der Waals surface area contributed by atoms with Crippen LogP contribution < -0.4 is 4.74 Å². The van der Waals surface area contributed by atoms with Crippen LogP contribution in [0.2, 0.25) is 0 Å². The van der Waals surface area contributed by atoms with Crippen molar-refractivity contribution in [3.63, 3.8) is 0 Å². The van der Waals surface area contributed by atoms with Crippen LogP contribution in [0.25, 0.3) is 0 Å². The fourth-order valence-corrected chi connectivity index (χ4v) is 2.35. The zero-order valence-electron chi connectivity index (χ0n) is 12.4. The van der Waals surface area contributed by atoms with Gasteiger partial charge in [-0.3, -0.25) is 0 Å². The Morgan fingerprint density at radius 1 is 0.857 bits per heavy atom. The standard InChI is InChI=1S/C18H20F2O/c1-3-13(4-2)9-14-10-16(20)12-18(11-14)21-17-7-5-15(19)6-8-17/h5-8,10-13H,3-4,9H2,1-2H3. The van der Waals surface area contributed by atoms with Crippen LogP contribution in [0.15, 0.2) is 42.5 Å². The molecule has 0 aromatic heterocycles. The molecule has 2 aromatic carbocycles. The molecule has 0 aliphatic rings. The van der Waals surface area contributed by atoms with Crippen LogP contribution in [0.5, 0.6) is 11.5 Å². The molecule has 0 spiro atoms. The van der Waals surface area contributed by atoms with E-state index in [9.17, 15) is 8.78 Å². The maximum absolute atomic E-state index is 13.7. The first-order valence-corrected chi connectivity index (χ1v) is 7.33. The molecule has 0 N–H and O–H groups in total. The summed E-state index contributed by atoms with van der Waals surface area (Å²) in [4.78, 5) is 0. The Hall–Kier alpha value is -1.90. The molecular formula is C18H20F2O. The number of benzene rings is 2. The van der Waals surface area contributed by atoms with Crippen molar-refractivity contribution >= 4 is 0 Å². The second-order valence-corrected chi connectivity index (χ2v) is 5.24. The smallest absolute Gasteiger partial charge is 0.130 e. The van der Waals surface area contributed by atoms with E-state index in [1.54, 1.807) is 6.07 Å². The molecule has 0 aliphatic carbocycles. The van der Waals surface area contributed by atoms with Crippen molar-refractivity contribution in [3.8, 4) is 11.5 Å². The molecule has 1 nitrogen and oxygen atoms in total. The van der Waals surface area contributed by atoms with Crippen LogP contribution in [0.4, 0.5) is 8.78 Å². The zero-order valence-corrected chi connectivity index (χ0v) is 12.4. The average Bonchev–Trinajstić information content (AvgIpc) is 2.46. The highest BCUT2D eigenvalue weighted by Gasteiger charge is 2.08. The van der Waals surface area contributed by atoms with Gasteiger partial charge in [0.2, 0.25) is 0 Å². The first-order valence-electron chi connectivity index (χ1n) is 7.33. The Morgan fingerprint density at radius 3 is 2.14 bits per heavy atom. The lowest BCUT2D eigenvalue weighted by molar-refractivity contribution is 0.466. The van der Waals surface area contributed by atoms with Crippen molar-refractivity contribution in [3.05, 3.63) is 59.7 Å². The molecule has 0 unspecified atom stereocenters. The Labute approximate surface area is 124 Å². The summed E-state index contributed by atoms with van der Waals surface area (Å²) in [5.41, 5.74) is 0.931. The normalized spacial score (nSPS) is 10.9. The fraction of sp³-hybridized carbons (Fsp3) is 0.333. The third-order valence-corrected chi connectivity index (χ3v) is 3.66. The Kier molecular flexibility index (Phi) is 5.32. The fourth-order valence-electron chi connectivity index (χ4n) is 2.35. The van der Waals surface area contributed by atoms with Crippen LogP contribution >= 0.6 is 0 Å². The first kappa shape index (κ1) is 15.5. The Bertz CT molecular complexity index is 574. The van der Waals surface area contributed by atoms with E-state index in [0.29, 0.717) is 17.4 Å².